The Kier molecular flexibility index (Phi) is 5.91. The fourth-order valence-electron chi connectivity index (χ4n) is 3.01. The van der Waals surface area contributed by atoms with E-state index < -0.39 is 0 Å². The Labute approximate surface area is 158 Å². The molecule has 0 spiro atoms. The Morgan fingerprint density at radius 2 is 1.78 bits per heavy atom. The van der Waals surface area contributed by atoms with E-state index in [0.717, 1.165) is 34.2 Å². The SMILES string of the molecule is COc1ccc(CCC(=O)NCCc2ccc3[nH]c(=O)c(C)cc3c2)cc1. The van der Waals surface area contributed by atoms with E-state index in [-0.39, 0.29) is 11.5 Å². The van der Waals surface area contributed by atoms with Crippen molar-refractivity contribution in [3.05, 3.63) is 75.6 Å². The summed E-state index contributed by atoms with van der Waals surface area (Å²) in [6.07, 6.45) is 1.92. The molecule has 0 bridgehead atoms. The van der Waals surface area contributed by atoms with Crippen LogP contribution in [0.15, 0.2) is 53.3 Å². The van der Waals surface area contributed by atoms with Crippen LogP contribution in [0.25, 0.3) is 10.9 Å². The first-order valence-electron chi connectivity index (χ1n) is 9.07. The third-order valence-corrected chi connectivity index (χ3v) is 4.63. The second-order valence-electron chi connectivity index (χ2n) is 6.65. The van der Waals surface area contributed by atoms with Crippen molar-refractivity contribution in [1.29, 1.82) is 0 Å². The molecule has 1 heterocycles. The zero-order valence-electron chi connectivity index (χ0n) is 15.7. The highest BCUT2D eigenvalue weighted by molar-refractivity contribution is 5.79. The number of amides is 1. The van der Waals surface area contributed by atoms with E-state index in [2.05, 4.69) is 16.4 Å². The molecule has 0 radical (unpaired) electrons. The molecule has 0 aliphatic carbocycles. The molecule has 0 aliphatic heterocycles. The number of benzene rings is 2. The number of aryl methyl sites for hydroxylation is 2. The first kappa shape index (κ1) is 18.7. The summed E-state index contributed by atoms with van der Waals surface area (Å²) in [5.74, 6) is 0.865. The molecule has 5 nitrogen and oxygen atoms in total. The van der Waals surface area contributed by atoms with Gasteiger partial charge >= 0.3 is 0 Å². The molecule has 140 valence electrons. The van der Waals surface area contributed by atoms with Crippen molar-refractivity contribution < 1.29 is 9.53 Å². The molecule has 2 N–H and O–H groups in total. The first-order chi connectivity index (χ1) is 13.0. The van der Waals surface area contributed by atoms with Crippen molar-refractivity contribution in [2.75, 3.05) is 13.7 Å². The molecule has 1 amide bonds. The summed E-state index contributed by atoms with van der Waals surface area (Å²) in [7, 11) is 1.64. The predicted molar refractivity (Wildman–Crippen MR) is 107 cm³/mol. The van der Waals surface area contributed by atoms with Crippen LogP contribution < -0.4 is 15.6 Å². The van der Waals surface area contributed by atoms with Gasteiger partial charge in [-0.15, -0.1) is 0 Å². The Bertz CT molecular complexity index is 991. The Hall–Kier alpha value is -3.08. The molecule has 0 saturated heterocycles. The number of rotatable bonds is 7. The van der Waals surface area contributed by atoms with Crippen LogP contribution in [0.1, 0.15) is 23.1 Å². The number of ether oxygens (including phenoxy) is 1. The molecule has 2 aromatic carbocycles. The topological polar surface area (TPSA) is 71.2 Å². The molecule has 27 heavy (non-hydrogen) atoms. The number of fused-ring (bicyclic) bond motifs is 1. The summed E-state index contributed by atoms with van der Waals surface area (Å²) >= 11 is 0. The van der Waals surface area contributed by atoms with Crippen molar-refractivity contribution in [1.82, 2.24) is 10.3 Å². The highest BCUT2D eigenvalue weighted by Gasteiger charge is 2.04. The van der Waals surface area contributed by atoms with Gasteiger partial charge in [0.25, 0.3) is 5.56 Å². The zero-order valence-corrected chi connectivity index (χ0v) is 15.7. The summed E-state index contributed by atoms with van der Waals surface area (Å²) in [5, 5.41) is 3.98. The maximum Gasteiger partial charge on any atom is 0.251 e. The number of aromatic nitrogens is 1. The van der Waals surface area contributed by atoms with Gasteiger partial charge in [0.05, 0.1) is 7.11 Å². The second-order valence-corrected chi connectivity index (χ2v) is 6.65. The lowest BCUT2D eigenvalue weighted by Crippen LogP contribution is -2.25. The average Bonchev–Trinajstić information content (AvgIpc) is 2.68. The van der Waals surface area contributed by atoms with E-state index in [1.165, 1.54) is 0 Å². The van der Waals surface area contributed by atoms with Crippen LogP contribution in [0.3, 0.4) is 0 Å². The van der Waals surface area contributed by atoms with Crippen molar-refractivity contribution in [2.24, 2.45) is 0 Å². The van der Waals surface area contributed by atoms with Crippen LogP contribution in [0, 0.1) is 6.92 Å². The molecular formula is C22H24N2O3. The van der Waals surface area contributed by atoms with Crippen LogP contribution in [-0.4, -0.2) is 24.5 Å². The standard InChI is InChI=1S/C22H24N2O3/c1-15-13-18-14-17(5-9-20(18)24-22(15)26)11-12-23-21(25)10-6-16-3-7-19(27-2)8-4-16/h3-5,7-9,13-14H,6,10-12H2,1-2H3,(H,23,25)(H,24,26). The molecule has 0 aliphatic rings. The number of carbonyl (C=O) groups is 1. The minimum Gasteiger partial charge on any atom is -0.497 e. The lowest BCUT2D eigenvalue weighted by atomic mass is 10.1. The predicted octanol–water partition coefficient (Wildman–Crippen LogP) is 3.14. The number of H-pyrrole nitrogens is 1. The minimum atomic E-state index is -0.0561. The van der Waals surface area contributed by atoms with Gasteiger partial charge in [-0.25, -0.2) is 0 Å². The van der Waals surface area contributed by atoms with Crippen LogP contribution >= 0.6 is 0 Å². The van der Waals surface area contributed by atoms with Gasteiger partial charge in [0.2, 0.25) is 5.91 Å². The molecule has 3 rings (SSSR count). The number of hydrogen-bond acceptors (Lipinski definition) is 3. The van der Waals surface area contributed by atoms with Crippen molar-refractivity contribution in [2.45, 2.75) is 26.2 Å². The summed E-state index contributed by atoms with van der Waals surface area (Å²) in [6.45, 7) is 2.39. The van der Waals surface area contributed by atoms with Gasteiger partial charge in [-0.2, -0.15) is 0 Å². The van der Waals surface area contributed by atoms with E-state index >= 15 is 0 Å². The van der Waals surface area contributed by atoms with E-state index in [4.69, 9.17) is 4.74 Å². The third kappa shape index (κ3) is 4.97. The number of aromatic amines is 1. The van der Waals surface area contributed by atoms with Crippen molar-refractivity contribution in [3.8, 4) is 5.75 Å². The van der Waals surface area contributed by atoms with E-state index in [0.29, 0.717) is 24.9 Å². The molecule has 1 aromatic heterocycles. The van der Waals surface area contributed by atoms with E-state index in [9.17, 15) is 9.59 Å². The van der Waals surface area contributed by atoms with Crippen LogP contribution in [-0.2, 0) is 17.6 Å². The zero-order chi connectivity index (χ0) is 19.2. The number of methoxy groups -OCH3 is 1. The fourth-order valence-corrected chi connectivity index (χ4v) is 3.01. The van der Waals surface area contributed by atoms with Gasteiger partial charge in [0, 0.05) is 24.0 Å². The normalized spacial score (nSPS) is 10.7. The van der Waals surface area contributed by atoms with Gasteiger partial charge in [-0.3, -0.25) is 9.59 Å². The van der Waals surface area contributed by atoms with Gasteiger partial charge in [-0.1, -0.05) is 18.2 Å². The number of nitrogens with one attached hydrogen (secondary N) is 2. The quantitative estimate of drug-likeness (QED) is 0.677. The molecule has 0 fully saturated rings. The molecule has 0 atom stereocenters. The Morgan fingerprint density at radius 1 is 1.04 bits per heavy atom. The Morgan fingerprint density at radius 3 is 2.52 bits per heavy atom. The minimum absolute atomic E-state index is 0.0479. The summed E-state index contributed by atoms with van der Waals surface area (Å²) in [4.78, 5) is 26.6. The van der Waals surface area contributed by atoms with Gasteiger partial charge in [-0.05, 0) is 66.6 Å². The van der Waals surface area contributed by atoms with Crippen molar-refractivity contribution >= 4 is 16.8 Å². The third-order valence-electron chi connectivity index (χ3n) is 4.63. The van der Waals surface area contributed by atoms with Gasteiger partial charge < -0.3 is 15.0 Å². The second kappa shape index (κ2) is 8.54. The smallest absolute Gasteiger partial charge is 0.251 e. The maximum absolute atomic E-state index is 12.0. The van der Waals surface area contributed by atoms with Crippen LogP contribution in [0.4, 0.5) is 0 Å². The largest absolute Gasteiger partial charge is 0.497 e. The summed E-state index contributed by atoms with van der Waals surface area (Å²) in [5.41, 5.74) is 3.72. The highest BCUT2D eigenvalue weighted by atomic mass is 16.5. The fraction of sp³-hybridized carbons (Fsp3) is 0.273. The molecular weight excluding hydrogens is 340 g/mol. The number of carbonyl (C=O) groups excluding carboxylic acids is 1. The highest BCUT2D eigenvalue weighted by Crippen LogP contribution is 2.14. The van der Waals surface area contributed by atoms with Crippen molar-refractivity contribution in [3.63, 3.8) is 0 Å². The lowest BCUT2D eigenvalue weighted by Gasteiger charge is -2.07. The average molecular weight is 364 g/mol. The molecule has 0 saturated carbocycles. The summed E-state index contributed by atoms with van der Waals surface area (Å²) in [6, 6.07) is 15.6. The molecule has 5 heteroatoms. The lowest BCUT2D eigenvalue weighted by molar-refractivity contribution is -0.121. The van der Waals surface area contributed by atoms with E-state index in [1.54, 1.807) is 14.0 Å². The maximum atomic E-state index is 12.0. The van der Waals surface area contributed by atoms with Crippen LogP contribution in [0.5, 0.6) is 5.75 Å². The molecule has 0 unspecified atom stereocenters. The monoisotopic (exact) mass is 364 g/mol. The van der Waals surface area contributed by atoms with E-state index in [1.807, 2.05) is 42.5 Å². The Balaban J connectivity index is 1.48. The van der Waals surface area contributed by atoms with Gasteiger partial charge in [0.1, 0.15) is 5.75 Å². The summed E-state index contributed by atoms with van der Waals surface area (Å²) < 4.78 is 5.13. The van der Waals surface area contributed by atoms with Crippen LogP contribution in [0.2, 0.25) is 0 Å². The molecule has 3 aromatic rings. The first-order valence-corrected chi connectivity index (χ1v) is 9.07. The number of hydrogen-bond donors (Lipinski definition) is 2. The van der Waals surface area contributed by atoms with Gasteiger partial charge in [0.15, 0.2) is 0 Å². The number of pyridine rings is 1.